The highest BCUT2D eigenvalue weighted by Crippen LogP contribution is 2.31. The van der Waals surface area contributed by atoms with Crippen molar-refractivity contribution in [3.63, 3.8) is 0 Å². The van der Waals surface area contributed by atoms with Crippen LogP contribution in [0.4, 0.5) is 4.39 Å². The molecular formula is C27H25ClFN3O3. The van der Waals surface area contributed by atoms with E-state index in [0.29, 0.717) is 28.6 Å². The van der Waals surface area contributed by atoms with Crippen molar-refractivity contribution in [2.75, 3.05) is 7.11 Å². The number of halogens is 2. The van der Waals surface area contributed by atoms with Crippen LogP contribution in [-0.2, 0) is 11.3 Å². The third-order valence-corrected chi connectivity index (χ3v) is 5.74. The number of amides is 1. The van der Waals surface area contributed by atoms with Crippen LogP contribution in [0.5, 0.6) is 11.5 Å². The molecule has 0 fully saturated rings. The molecule has 8 heteroatoms. The van der Waals surface area contributed by atoms with E-state index in [1.54, 1.807) is 23.9 Å². The summed E-state index contributed by atoms with van der Waals surface area (Å²) in [6.45, 7) is 2.08. The normalized spacial score (nSPS) is 11.7. The minimum Gasteiger partial charge on any atom is -0.495 e. The standard InChI is InChI=1S/C27H25ClFN3O3/c1-3-24(35-22-12-10-20(29)11-13-22)27(33)30-16-19-17-32(21-7-5-4-6-8-21)31-26(19)18-9-14-25(34-2)23(28)15-18/h4-15,17,24H,3,16H2,1-2H3,(H,30,33). The third kappa shape index (κ3) is 5.81. The Bertz CT molecular complexity index is 1290. The number of para-hydroxylation sites is 1. The molecule has 180 valence electrons. The lowest BCUT2D eigenvalue weighted by atomic mass is 10.1. The molecule has 1 unspecified atom stereocenters. The fraction of sp³-hybridized carbons (Fsp3) is 0.185. The van der Waals surface area contributed by atoms with Crippen molar-refractivity contribution < 1.29 is 18.7 Å². The SMILES string of the molecule is CCC(Oc1ccc(F)cc1)C(=O)NCc1cn(-c2ccccc2)nc1-c1ccc(OC)c(Cl)c1. The van der Waals surface area contributed by atoms with Gasteiger partial charge in [-0.05, 0) is 61.0 Å². The van der Waals surface area contributed by atoms with Crippen molar-refractivity contribution in [1.29, 1.82) is 0 Å². The lowest BCUT2D eigenvalue weighted by Gasteiger charge is -2.17. The van der Waals surface area contributed by atoms with Gasteiger partial charge in [-0.3, -0.25) is 4.79 Å². The molecule has 0 bridgehead atoms. The topological polar surface area (TPSA) is 65.4 Å². The van der Waals surface area contributed by atoms with Crippen LogP contribution in [0.15, 0.2) is 79.0 Å². The third-order valence-electron chi connectivity index (χ3n) is 5.44. The lowest BCUT2D eigenvalue weighted by Crippen LogP contribution is -2.37. The van der Waals surface area contributed by atoms with E-state index in [1.807, 2.05) is 49.5 Å². The lowest BCUT2D eigenvalue weighted by molar-refractivity contribution is -0.128. The highest BCUT2D eigenvalue weighted by molar-refractivity contribution is 6.32. The Morgan fingerprint density at radius 2 is 1.86 bits per heavy atom. The number of aromatic nitrogens is 2. The fourth-order valence-corrected chi connectivity index (χ4v) is 3.86. The highest BCUT2D eigenvalue weighted by atomic mass is 35.5. The number of hydrogen-bond acceptors (Lipinski definition) is 4. The number of nitrogens with zero attached hydrogens (tertiary/aromatic N) is 2. The van der Waals surface area contributed by atoms with E-state index >= 15 is 0 Å². The van der Waals surface area contributed by atoms with Crippen molar-refractivity contribution >= 4 is 17.5 Å². The minimum atomic E-state index is -0.719. The molecule has 1 atom stereocenters. The largest absolute Gasteiger partial charge is 0.495 e. The van der Waals surface area contributed by atoms with Gasteiger partial charge < -0.3 is 14.8 Å². The molecule has 4 aromatic rings. The molecule has 4 rings (SSSR count). The molecule has 0 radical (unpaired) electrons. The van der Waals surface area contributed by atoms with Gasteiger partial charge in [0.1, 0.15) is 17.3 Å². The summed E-state index contributed by atoms with van der Waals surface area (Å²) in [5.41, 5.74) is 3.17. The number of ether oxygens (including phenoxy) is 2. The van der Waals surface area contributed by atoms with Gasteiger partial charge in [-0.15, -0.1) is 0 Å². The molecule has 0 spiro atoms. The predicted octanol–water partition coefficient (Wildman–Crippen LogP) is 5.81. The summed E-state index contributed by atoms with van der Waals surface area (Å²) < 4.78 is 26.0. The van der Waals surface area contributed by atoms with Gasteiger partial charge in [-0.2, -0.15) is 5.10 Å². The fourth-order valence-electron chi connectivity index (χ4n) is 3.60. The van der Waals surface area contributed by atoms with E-state index in [0.717, 1.165) is 16.8 Å². The number of hydrogen-bond donors (Lipinski definition) is 1. The molecule has 0 saturated carbocycles. The molecule has 0 aliphatic heterocycles. The predicted molar refractivity (Wildman–Crippen MR) is 134 cm³/mol. The van der Waals surface area contributed by atoms with Crippen molar-refractivity contribution in [3.8, 4) is 28.4 Å². The van der Waals surface area contributed by atoms with Crippen LogP contribution < -0.4 is 14.8 Å². The number of carbonyl (C=O) groups excluding carboxylic acids is 1. The number of carbonyl (C=O) groups is 1. The van der Waals surface area contributed by atoms with Crippen LogP contribution in [0.1, 0.15) is 18.9 Å². The van der Waals surface area contributed by atoms with E-state index in [4.69, 9.17) is 26.2 Å². The molecule has 1 amide bonds. The zero-order chi connectivity index (χ0) is 24.8. The zero-order valence-electron chi connectivity index (χ0n) is 19.4. The smallest absolute Gasteiger partial charge is 0.261 e. The van der Waals surface area contributed by atoms with Crippen LogP contribution in [0.2, 0.25) is 5.02 Å². The van der Waals surface area contributed by atoms with Gasteiger partial charge in [0.05, 0.1) is 23.5 Å². The molecule has 0 saturated heterocycles. The first kappa shape index (κ1) is 24.3. The zero-order valence-corrected chi connectivity index (χ0v) is 20.1. The molecule has 1 aromatic heterocycles. The maximum atomic E-state index is 13.2. The average Bonchev–Trinajstić information content (AvgIpc) is 3.31. The van der Waals surface area contributed by atoms with E-state index in [-0.39, 0.29) is 18.3 Å². The minimum absolute atomic E-state index is 0.230. The van der Waals surface area contributed by atoms with E-state index in [2.05, 4.69) is 5.32 Å². The summed E-state index contributed by atoms with van der Waals surface area (Å²) in [4.78, 5) is 12.9. The molecule has 0 aliphatic carbocycles. The summed E-state index contributed by atoms with van der Waals surface area (Å²) in [5, 5.41) is 8.18. The van der Waals surface area contributed by atoms with Crippen molar-refractivity contribution in [3.05, 3.63) is 95.4 Å². The van der Waals surface area contributed by atoms with Crippen molar-refractivity contribution in [1.82, 2.24) is 15.1 Å². The van der Waals surface area contributed by atoms with Crippen LogP contribution in [-0.4, -0.2) is 28.9 Å². The van der Waals surface area contributed by atoms with Gasteiger partial charge in [-0.25, -0.2) is 9.07 Å². The summed E-state index contributed by atoms with van der Waals surface area (Å²) >= 11 is 6.36. The molecule has 35 heavy (non-hydrogen) atoms. The number of methoxy groups -OCH3 is 1. The maximum Gasteiger partial charge on any atom is 0.261 e. The summed E-state index contributed by atoms with van der Waals surface area (Å²) in [7, 11) is 1.56. The summed E-state index contributed by atoms with van der Waals surface area (Å²) in [6.07, 6.45) is 1.61. The Kier molecular flexibility index (Phi) is 7.67. The van der Waals surface area contributed by atoms with Gasteiger partial charge >= 0.3 is 0 Å². The molecule has 1 heterocycles. The molecular weight excluding hydrogens is 469 g/mol. The van der Waals surface area contributed by atoms with Crippen LogP contribution >= 0.6 is 11.6 Å². The van der Waals surface area contributed by atoms with Gasteiger partial charge in [0.2, 0.25) is 0 Å². The Morgan fingerprint density at radius 3 is 2.51 bits per heavy atom. The first-order chi connectivity index (χ1) is 17.0. The van der Waals surface area contributed by atoms with Crippen LogP contribution in [0.25, 0.3) is 16.9 Å². The van der Waals surface area contributed by atoms with E-state index in [1.165, 1.54) is 24.3 Å². The van der Waals surface area contributed by atoms with Crippen molar-refractivity contribution in [2.24, 2.45) is 0 Å². The van der Waals surface area contributed by atoms with Gasteiger partial charge in [0.15, 0.2) is 6.10 Å². The Hall–Kier alpha value is -3.84. The van der Waals surface area contributed by atoms with E-state index < -0.39 is 6.10 Å². The number of nitrogens with one attached hydrogen (secondary N) is 1. The Labute approximate surface area is 208 Å². The average molecular weight is 494 g/mol. The van der Waals surface area contributed by atoms with E-state index in [9.17, 15) is 9.18 Å². The van der Waals surface area contributed by atoms with Crippen molar-refractivity contribution in [2.45, 2.75) is 26.0 Å². The molecule has 3 aromatic carbocycles. The second kappa shape index (κ2) is 11.1. The summed E-state index contributed by atoms with van der Waals surface area (Å²) in [5.74, 6) is 0.356. The highest BCUT2D eigenvalue weighted by Gasteiger charge is 2.20. The Balaban J connectivity index is 1.57. The van der Waals surface area contributed by atoms with Gasteiger partial charge in [0.25, 0.3) is 5.91 Å². The molecule has 1 N–H and O–H groups in total. The summed E-state index contributed by atoms with van der Waals surface area (Å²) in [6, 6.07) is 20.7. The Morgan fingerprint density at radius 1 is 1.11 bits per heavy atom. The second-order valence-corrected chi connectivity index (χ2v) is 8.23. The van der Waals surface area contributed by atoms with Gasteiger partial charge in [-0.1, -0.05) is 36.7 Å². The number of rotatable bonds is 9. The molecule has 6 nitrogen and oxygen atoms in total. The maximum absolute atomic E-state index is 13.2. The van der Waals surface area contributed by atoms with Gasteiger partial charge in [0, 0.05) is 23.9 Å². The quantitative estimate of drug-likeness (QED) is 0.319. The number of benzene rings is 3. The van der Waals surface area contributed by atoms with Crippen LogP contribution in [0, 0.1) is 5.82 Å². The molecule has 0 aliphatic rings. The van der Waals surface area contributed by atoms with Crippen LogP contribution in [0.3, 0.4) is 0 Å². The first-order valence-electron chi connectivity index (χ1n) is 11.2. The second-order valence-electron chi connectivity index (χ2n) is 7.82. The first-order valence-corrected chi connectivity index (χ1v) is 11.5. The monoisotopic (exact) mass is 493 g/mol.